The third-order valence-electron chi connectivity index (χ3n) is 6.21. The number of methoxy groups -OCH3 is 4. The van der Waals surface area contributed by atoms with Gasteiger partial charge in [0.05, 0.1) is 68.6 Å². The number of hydrogen-bond donors (Lipinski definition) is 1. The van der Waals surface area contributed by atoms with Gasteiger partial charge in [0, 0.05) is 10.8 Å². The molecule has 0 spiro atoms. The summed E-state index contributed by atoms with van der Waals surface area (Å²) in [7, 11) is 6.44. The summed E-state index contributed by atoms with van der Waals surface area (Å²) in [5.74, 6) is 2.48. The Labute approximate surface area is 208 Å². The van der Waals surface area contributed by atoms with Crippen molar-refractivity contribution in [3.05, 3.63) is 72.3 Å². The molecule has 5 aromatic rings. The van der Waals surface area contributed by atoms with Crippen LogP contribution in [-0.4, -0.2) is 43.5 Å². The fourth-order valence-corrected chi connectivity index (χ4v) is 4.46. The van der Waals surface area contributed by atoms with E-state index in [0.29, 0.717) is 39.8 Å². The molecule has 5 rings (SSSR count). The van der Waals surface area contributed by atoms with E-state index in [1.165, 1.54) is 0 Å². The normalized spacial score (nSPS) is 11.0. The Balaban J connectivity index is 1.77. The molecule has 0 atom stereocenters. The van der Waals surface area contributed by atoms with E-state index >= 15 is 0 Å². The SMILES string of the molecule is COc1cccc(OC)c1-c1ccc2ccc3ccc(-c4c(OC)cc(CO)cc4OC)nc3c2n1. The first-order valence-electron chi connectivity index (χ1n) is 11.4. The number of aliphatic hydroxyl groups is 1. The van der Waals surface area contributed by atoms with Crippen LogP contribution >= 0.6 is 0 Å². The first-order valence-corrected chi connectivity index (χ1v) is 11.4. The second kappa shape index (κ2) is 9.71. The quantitative estimate of drug-likeness (QED) is 0.300. The number of rotatable bonds is 7. The van der Waals surface area contributed by atoms with Gasteiger partial charge in [-0.2, -0.15) is 0 Å². The lowest BCUT2D eigenvalue weighted by Gasteiger charge is -2.16. The molecule has 182 valence electrons. The lowest BCUT2D eigenvalue weighted by atomic mass is 10.0. The van der Waals surface area contributed by atoms with E-state index in [-0.39, 0.29) is 6.61 Å². The third kappa shape index (κ3) is 3.93. The van der Waals surface area contributed by atoms with Gasteiger partial charge in [-0.15, -0.1) is 0 Å². The first-order chi connectivity index (χ1) is 17.6. The molecular weight excluding hydrogens is 456 g/mol. The van der Waals surface area contributed by atoms with Crippen LogP contribution in [0.2, 0.25) is 0 Å². The molecule has 0 bridgehead atoms. The highest BCUT2D eigenvalue weighted by Crippen LogP contribution is 2.41. The molecule has 2 aromatic heterocycles. The van der Waals surface area contributed by atoms with Crippen molar-refractivity contribution in [2.45, 2.75) is 6.61 Å². The molecule has 1 N–H and O–H groups in total. The summed E-state index contributed by atoms with van der Waals surface area (Å²) in [6.07, 6.45) is 0. The van der Waals surface area contributed by atoms with Crippen molar-refractivity contribution < 1.29 is 24.1 Å². The number of pyridine rings is 2. The predicted octanol–water partition coefficient (Wildman–Crippen LogP) is 5.64. The van der Waals surface area contributed by atoms with Crippen LogP contribution in [0.1, 0.15) is 5.56 Å². The van der Waals surface area contributed by atoms with Gasteiger partial charge >= 0.3 is 0 Å². The Morgan fingerprint density at radius 1 is 0.583 bits per heavy atom. The van der Waals surface area contributed by atoms with Crippen molar-refractivity contribution in [3.63, 3.8) is 0 Å². The van der Waals surface area contributed by atoms with Crippen molar-refractivity contribution in [1.82, 2.24) is 9.97 Å². The Kier molecular flexibility index (Phi) is 6.31. The molecule has 0 saturated carbocycles. The lowest BCUT2D eigenvalue weighted by Crippen LogP contribution is -1.98. The van der Waals surface area contributed by atoms with Crippen LogP contribution in [-0.2, 0) is 6.61 Å². The zero-order valence-electron chi connectivity index (χ0n) is 20.5. The Morgan fingerprint density at radius 3 is 1.42 bits per heavy atom. The number of hydrogen-bond acceptors (Lipinski definition) is 7. The van der Waals surface area contributed by atoms with E-state index in [2.05, 4.69) is 0 Å². The molecule has 0 aliphatic carbocycles. The Hall–Kier alpha value is -4.36. The molecule has 0 aliphatic rings. The summed E-state index contributed by atoms with van der Waals surface area (Å²) < 4.78 is 22.5. The highest BCUT2D eigenvalue weighted by atomic mass is 16.5. The summed E-state index contributed by atoms with van der Waals surface area (Å²) in [5, 5.41) is 11.5. The minimum Gasteiger partial charge on any atom is -0.496 e. The van der Waals surface area contributed by atoms with Crippen LogP contribution in [0.4, 0.5) is 0 Å². The molecule has 0 unspecified atom stereocenters. The molecule has 0 aliphatic heterocycles. The molecule has 2 heterocycles. The van der Waals surface area contributed by atoms with Crippen molar-refractivity contribution >= 4 is 21.8 Å². The van der Waals surface area contributed by atoms with Gasteiger partial charge in [0.2, 0.25) is 0 Å². The molecule has 0 fully saturated rings. The zero-order chi connectivity index (χ0) is 25.2. The van der Waals surface area contributed by atoms with E-state index in [9.17, 15) is 5.11 Å². The van der Waals surface area contributed by atoms with E-state index in [1.54, 1.807) is 40.6 Å². The standard InChI is InChI=1S/C29H26N2O5/c1-33-22-6-5-7-23(34-2)26(22)20-12-10-18-8-9-19-11-13-21(31-29(19)28(18)30-20)27-24(35-3)14-17(16-32)15-25(27)36-4/h5-15,32H,16H2,1-4H3. The molecule has 3 aromatic carbocycles. The largest absolute Gasteiger partial charge is 0.496 e. The second-order valence-corrected chi connectivity index (χ2v) is 8.17. The number of aliphatic hydroxyl groups excluding tert-OH is 1. The average Bonchev–Trinajstić information content (AvgIpc) is 2.95. The summed E-state index contributed by atoms with van der Waals surface area (Å²) in [6, 6.07) is 21.2. The van der Waals surface area contributed by atoms with Crippen molar-refractivity contribution in [1.29, 1.82) is 0 Å². The Morgan fingerprint density at radius 2 is 1.00 bits per heavy atom. The van der Waals surface area contributed by atoms with Crippen LogP contribution in [0.15, 0.2) is 66.7 Å². The number of benzene rings is 3. The molecular formula is C29H26N2O5. The smallest absolute Gasteiger partial charge is 0.132 e. The summed E-state index contributed by atoms with van der Waals surface area (Å²) in [6.45, 7) is -0.123. The fourth-order valence-electron chi connectivity index (χ4n) is 4.46. The maximum atomic E-state index is 9.64. The summed E-state index contributed by atoms with van der Waals surface area (Å²) >= 11 is 0. The minimum atomic E-state index is -0.123. The topological polar surface area (TPSA) is 82.9 Å². The van der Waals surface area contributed by atoms with E-state index < -0.39 is 0 Å². The van der Waals surface area contributed by atoms with Gasteiger partial charge in [-0.05, 0) is 42.0 Å². The zero-order valence-corrected chi connectivity index (χ0v) is 20.5. The van der Waals surface area contributed by atoms with Gasteiger partial charge in [0.1, 0.15) is 23.0 Å². The van der Waals surface area contributed by atoms with Crippen molar-refractivity contribution in [3.8, 4) is 45.5 Å². The number of ether oxygens (including phenoxy) is 4. The number of nitrogens with zero attached hydrogens (tertiary/aromatic N) is 2. The number of fused-ring (bicyclic) bond motifs is 3. The van der Waals surface area contributed by atoms with E-state index in [0.717, 1.165) is 33.1 Å². The van der Waals surface area contributed by atoms with Crippen LogP contribution in [0, 0.1) is 0 Å². The highest BCUT2D eigenvalue weighted by Gasteiger charge is 2.18. The third-order valence-corrected chi connectivity index (χ3v) is 6.21. The van der Waals surface area contributed by atoms with Gasteiger partial charge in [-0.25, -0.2) is 9.97 Å². The summed E-state index contributed by atoms with van der Waals surface area (Å²) in [4.78, 5) is 10.0. The van der Waals surface area contributed by atoms with Crippen LogP contribution < -0.4 is 18.9 Å². The van der Waals surface area contributed by atoms with Crippen LogP contribution in [0.3, 0.4) is 0 Å². The van der Waals surface area contributed by atoms with Gasteiger partial charge in [0.15, 0.2) is 0 Å². The molecule has 36 heavy (non-hydrogen) atoms. The predicted molar refractivity (Wildman–Crippen MR) is 140 cm³/mol. The molecule has 0 saturated heterocycles. The van der Waals surface area contributed by atoms with Gasteiger partial charge in [0.25, 0.3) is 0 Å². The first kappa shape index (κ1) is 23.4. The molecule has 0 radical (unpaired) electrons. The average molecular weight is 483 g/mol. The lowest BCUT2D eigenvalue weighted by molar-refractivity contribution is 0.280. The molecule has 7 heteroatoms. The van der Waals surface area contributed by atoms with E-state index in [4.69, 9.17) is 28.9 Å². The van der Waals surface area contributed by atoms with Crippen molar-refractivity contribution in [2.24, 2.45) is 0 Å². The van der Waals surface area contributed by atoms with Crippen LogP contribution in [0.25, 0.3) is 44.3 Å². The summed E-state index contributed by atoms with van der Waals surface area (Å²) in [5.41, 5.74) is 5.07. The maximum Gasteiger partial charge on any atom is 0.132 e. The van der Waals surface area contributed by atoms with Gasteiger partial charge in [-0.3, -0.25) is 0 Å². The second-order valence-electron chi connectivity index (χ2n) is 8.17. The molecule has 0 amide bonds. The van der Waals surface area contributed by atoms with Gasteiger partial charge in [-0.1, -0.05) is 30.3 Å². The fraction of sp³-hybridized carbons (Fsp3) is 0.172. The maximum absolute atomic E-state index is 9.64. The molecule has 7 nitrogen and oxygen atoms in total. The highest BCUT2D eigenvalue weighted by molar-refractivity contribution is 6.04. The Bertz CT molecular complexity index is 1530. The monoisotopic (exact) mass is 482 g/mol. The van der Waals surface area contributed by atoms with Crippen molar-refractivity contribution in [2.75, 3.05) is 28.4 Å². The number of aromatic nitrogens is 2. The van der Waals surface area contributed by atoms with Gasteiger partial charge < -0.3 is 24.1 Å². The van der Waals surface area contributed by atoms with E-state index in [1.807, 2.05) is 54.6 Å². The minimum absolute atomic E-state index is 0.123. The van der Waals surface area contributed by atoms with Crippen LogP contribution in [0.5, 0.6) is 23.0 Å².